The molecule has 7 nitrogen and oxygen atoms in total. The Kier molecular flexibility index (Phi) is 6.03. The number of amides is 1. The smallest absolute Gasteiger partial charge is 0.271 e. The number of rotatable bonds is 7. The van der Waals surface area contributed by atoms with Crippen LogP contribution in [0.5, 0.6) is 0 Å². The maximum atomic E-state index is 11.2. The average Bonchev–Trinajstić information content (AvgIpc) is 2.38. The molecule has 0 aliphatic carbocycles. The van der Waals surface area contributed by atoms with Gasteiger partial charge in [-0.1, -0.05) is 0 Å². The molecule has 1 aromatic heterocycles. The molecule has 0 spiro atoms. The van der Waals surface area contributed by atoms with Crippen molar-refractivity contribution in [2.75, 3.05) is 32.0 Å². The van der Waals surface area contributed by atoms with Crippen LogP contribution in [-0.2, 0) is 0 Å². The molecule has 0 saturated carbocycles. The highest BCUT2D eigenvalue weighted by molar-refractivity contribution is 5.91. The van der Waals surface area contributed by atoms with Crippen molar-refractivity contribution in [3.63, 3.8) is 0 Å². The first kappa shape index (κ1) is 14.3. The summed E-state index contributed by atoms with van der Waals surface area (Å²) >= 11 is 0. The Morgan fingerprint density at radius 1 is 1.39 bits per heavy atom. The second-order valence-corrected chi connectivity index (χ2v) is 3.86. The second kappa shape index (κ2) is 7.57. The lowest BCUT2D eigenvalue weighted by atomic mass is 10.3. The highest BCUT2D eigenvalue weighted by atomic mass is 16.3. The number of aliphatic hydroxyl groups is 1. The molecule has 1 atom stereocenters. The van der Waals surface area contributed by atoms with E-state index >= 15 is 0 Å². The predicted molar refractivity (Wildman–Crippen MR) is 68.5 cm³/mol. The Bertz CT molecular complexity index is 366. The topological polar surface area (TPSA) is 99.2 Å². The van der Waals surface area contributed by atoms with Gasteiger partial charge in [0.15, 0.2) is 5.69 Å². The van der Waals surface area contributed by atoms with Crippen LogP contribution in [0.3, 0.4) is 0 Å². The first-order valence-electron chi connectivity index (χ1n) is 5.82. The van der Waals surface area contributed by atoms with Crippen molar-refractivity contribution >= 4 is 11.7 Å². The lowest BCUT2D eigenvalue weighted by molar-refractivity contribution is 0.0957. The number of nitrogens with zero attached hydrogens (tertiary/aromatic N) is 2. The summed E-state index contributed by atoms with van der Waals surface area (Å²) in [6, 6.07) is 3.31. The number of nitrogens with one attached hydrogen (secondary N) is 3. The number of hydrogen-bond acceptors (Lipinski definition) is 6. The minimum Gasteiger partial charge on any atom is -0.392 e. The van der Waals surface area contributed by atoms with Gasteiger partial charge in [-0.3, -0.25) is 4.79 Å². The van der Waals surface area contributed by atoms with Gasteiger partial charge in [0.1, 0.15) is 5.82 Å². The number of hydrogen-bond donors (Lipinski definition) is 4. The van der Waals surface area contributed by atoms with Crippen LogP contribution in [0.25, 0.3) is 0 Å². The summed E-state index contributed by atoms with van der Waals surface area (Å²) in [7, 11) is 1.55. The number of carbonyl (C=O) groups is 1. The van der Waals surface area contributed by atoms with E-state index in [1.807, 2.05) is 0 Å². The first-order chi connectivity index (χ1) is 8.63. The SMILES string of the molecule is CNC(=O)c1ccc(NCCNCC(C)O)nn1. The van der Waals surface area contributed by atoms with Gasteiger partial charge in [-0.2, -0.15) is 0 Å². The van der Waals surface area contributed by atoms with Gasteiger partial charge in [-0.15, -0.1) is 10.2 Å². The van der Waals surface area contributed by atoms with E-state index in [0.29, 0.717) is 25.5 Å². The molecule has 18 heavy (non-hydrogen) atoms. The summed E-state index contributed by atoms with van der Waals surface area (Å²) in [5.74, 6) is 0.356. The molecule has 1 amide bonds. The molecule has 1 aromatic rings. The molecule has 0 aliphatic rings. The van der Waals surface area contributed by atoms with E-state index in [9.17, 15) is 4.79 Å². The molecule has 7 heteroatoms. The summed E-state index contributed by atoms with van der Waals surface area (Å²) in [4.78, 5) is 11.2. The standard InChI is InChI=1S/C11H19N5O2/c1-8(17)7-13-5-6-14-10-4-3-9(15-16-10)11(18)12-2/h3-4,8,13,17H,5-7H2,1-2H3,(H,12,18)(H,14,16). The molecule has 0 aromatic carbocycles. The summed E-state index contributed by atoms with van der Waals surface area (Å²) in [6.07, 6.45) is -0.350. The van der Waals surface area contributed by atoms with Crippen molar-refractivity contribution < 1.29 is 9.90 Å². The Balaban J connectivity index is 2.29. The lowest BCUT2D eigenvalue weighted by Crippen LogP contribution is -2.29. The van der Waals surface area contributed by atoms with Crippen LogP contribution < -0.4 is 16.0 Å². The average molecular weight is 253 g/mol. The zero-order valence-corrected chi connectivity index (χ0v) is 10.6. The van der Waals surface area contributed by atoms with Gasteiger partial charge in [0, 0.05) is 26.7 Å². The van der Waals surface area contributed by atoms with Crippen LogP contribution in [0.15, 0.2) is 12.1 Å². The molecule has 0 saturated heterocycles. The lowest BCUT2D eigenvalue weighted by Gasteiger charge is -2.08. The Labute approximate surface area is 106 Å². The fourth-order valence-electron chi connectivity index (χ4n) is 1.27. The van der Waals surface area contributed by atoms with E-state index in [1.165, 1.54) is 0 Å². The molecule has 1 unspecified atom stereocenters. The van der Waals surface area contributed by atoms with E-state index in [0.717, 1.165) is 0 Å². The molecule has 100 valence electrons. The fraction of sp³-hybridized carbons (Fsp3) is 0.545. The van der Waals surface area contributed by atoms with Gasteiger partial charge >= 0.3 is 0 Å². The summed E-state index contributed by atoms with van der Waals surface area (Å²) in [6.45, 7) is 3.66. The number of anilines is 1. The van der Waals surface area contributed by atoms with Crippen LogP contribution in [0.4, 0.5) is 5.82 Å². The van der Waals surface area contributed by atoms with Gasteiger partial charge in [0.25, 0.3) is 5.91 Å². The van der Waals surface area contributed by atoms with Crippen LogP contribution >= 0.6 is 0 Å². The monoisotopic (exact) mass is 253 g/mol. The number of aliphatic hydroxyl groups excluding tert-OH is 1. The first-order valence-corrected chi connectivity index (χ1v) is 5.82. The van der Waals surface area contributed by atoms with Gasteiger partial charge in [0.05, 0.1) is 6.10 Å². The maximum absolute atomic E-state index is 11.2. The minimum atomic E-state index is -0.350. The molecule has 0 bridgehead atoms. The summed E-state index contributed by atoms with van der Waals surface area (Å²) in [5, 5.41) is 25.3. The highest BCUT2D eigenvalue weighted by Gasteiger charge is 2.04. The molecular formula is C11H19N5O2. The van der Waals surface area contributed by atoms with Gasteiger partial charge in [0.2, 0.25) is 0 Å². The van der Waals surface area contributed by atoms with Crippen molar-refractivity contribution in [3.05, 3.63) is 17.8 Å². The van der Waals surface area contributed by atoms with E-state index in [1.54, 1.807) is 26.1 Å². The van der Waals surface area contributed by atoms with E-state index in [4.69, 9.17) is 5.11 Å². The molecule has 1 rings (SSSR count). The fourth-order valence-corrected chi connectivity index (χ4v) is 1.27. The minimum absolute atomic E-state index is 0.257. The van der Waals surface area contributed by atoms with E-state index in [-0.39, 0.29) is 17.7 Å². The zero-order valence-electron chi connectivity index (χ0n) is 10.6. The molecule has 0 radical (unpaired) electrons. The molecule has 4 N–H and O–H groups in total. The predicted octanol–water partition coefficient (Wildman–Crippen LogP) is -0.781. The maximum Gasteiger partial charge on any atom is 0.271 e. The van der Waals surface area contributed by atoms with Crippen LogP contribution in [-0.4, -0.2) is 54.0 Å². The highest BCUT2D eigenvalue weighted by Crippen LogP contribution is 2.00. The second-order valence-electron chi connectivity index (χ2n) is 3.86. The third-order valence-corrected chi connectivity index (χ3v) is 2.17. The number of carbonyl (C=O) groups excluding carboxylic acids is 1. The largest absolute Gasteiger partial charge is 0.392 e. The molecule has 0 fully saturated rings. The Morgan fingerprint density at radius 3 is 2.72 bits per heavy atom. The third-order valence-electron chi connectivity index (χ3n) is 2.17. The van der Waals surface area contributed by atoms with Crippen molar-refractivity contribution in [1.82, 2.24) is 20.8 Å². The Morgan fingerprint density at radius 2 is 2.17 bits per heavy atom. The normalized spacial score (nSPS) is 11.9. The van der Waals surface area contributed by atoms with Crippen molar-refractivity contribution in [2.24, 2.45) is 0 Å². The van der Waals surface area contributed by atoms with Crippen molar-refractivity contribution in [1.29, 1.82) is 0 Å². The van der Waals surface area contributed by atoms with Gasteiger partial charge in [-0.25, -0.2) is 0 Å². The van der Waals surface area contributed by atoms with Crippen LogP contribution in [0.2, 0.25) is 0 Å². The van der Waals surface area contributed by atoms with Gasteiger partial charge in [-0.05, 0) is 19.1 Å². The van der Waals surface area contributed by atoms with Crippen molar-refractivity contribution in [2.45, 2.75) is 13.0 Å². The van der Waals surface area contributed by atoms with E-state index < -0.39 is 0 Å². The van der Waals surface area contributed by atoms with Crippen LogP contribution in [0.1, 0.15) is 17.4 Å². The quantitative estimate of drug-likeness (QED) is 0.476. The van der Waals surface area contributed by atoms with Crippen molar-refractivity contribution in [3.8, 4) is 0 Å². The summed E-state index contributed by atoms with van der Waals surface area (Å²) in [5.41, 5.74) is 0.287. The number of aromatic nitrogens is 2. The van der Waals surface area contributed by atoms with E-state index in [2.05, 4.69) is 26.1 Å². The zero-order chi connectivity index (χ0) is 13.4. The van der Waals surface area contributed by atoms with Gasteiger partial charge < -0.3 is 21.1 Å². The summed E-state index contributed by atoms with van der Waals surface area (Å²) < 4.78 is 0. The molecule has 0 aliphatic heterocycles. The molecule has 1 heterocycles. The van der Waals surface area contributed by atoms with Crippen LogP contribution in [0, 0.1) is 0 Å². The molecular weight excluding hydrogens is 234 g/mol. The third kappa shape index (κ3) is 5.07. The Hall–Kier alpha value is -1.73.